The fraction of sp³-hybridized carbons (Fsp3) is 0.611. The maximum Gasteiger partial charge on any atom is 0.253 e. The molecule has 3 heteroatoms. The van der Waals surface area contributed by atoms with E-state index in [9.17, 15) is 4.79 Å². The lowest BCUT2D eigenvalue weighted by atomic mass is 9.96. The quantitative estimate of drug-likeness (QED) is 0.904. The van der Waals surface area contributed by atoms with Crippen molar-refractivity contribution >= 4 is 5.91 Å². The Morgan fingerprint density at radius 2 is 2.00 bits per heavy atom. The fourth-order valence-electron chi connectivity index (χ4n) is 3.23. The molecule has 1 aliphatic heterocycles. The van der Waals surface area contributed by atoms with Crippen molar-refractivity contribution in [1.82, 2.24) is 4.90 Å². The van der Waals surface area contributed by atoms with Gasteiger partial charge in [0.25, 0.3) is 5.91 Å². The van der Waals surface area contributed by atoms with Gasteiger partial charge in [-0.15, -0.1) is 0 Å². The Morgan fingerprint density at radius 1 is 1.24 bits per heavy atom. The van der Waals surface area contributed by atoms with Gasteiger partial charge in [0.1, 0.15) is 0 Å². The van der Waals surface area contributed by atoms with E-state index in [1.165, 1.54) is 24.8 Å². The summed E-state index contributed by atoms with van der Waals surface area (Å²) in [5.41, 5.74) is 7.57. The number of nitrogens with two attached hydrogens (primary N) is 1. The van der Waals surface area contributed by atoms with Crippen LogP contribution in [0.25, 0.3) is 0 Å². The van der Waals surface area contributed by atoms with Crippen LogP contribution in [0.1, 0.15) is 54.9 Å². The minimum absolute atomic E-state index is 0.187. The van der Waals surface area contributed by atoms with Gasteiger partial charge in [-0.25, -0.2) is 0 Å². The van der Waals surface area contributed by atoms with Gasteiger partial charge in [-0.2, -0.15) is 0 Å². The zero-order chi connectivity index (χ0) is 15.1. The largest absolute Gasteiger partial charge is 0.339 e. The maximum absolute atomic E-state index is 12.6. The molecule has 1 aromatic carbocycles. The first kappa shape index (κ1) is 16.0. The lowest BCUT2D eigenvalue weighted by Gasteiger charge is -2.21. The molecule has 0 saturated carbocycles. The van der Waals surface area contributed by atoms with Gasteiger partial charge >= 0.3 is 0 Å². The Balaban J connectivity index is 1.95. The molecule has 2 N–H and O–H groups in total. The molecule has 21 heavy (non-hydrogen) atoms. The second-order valence-corrected chi connectivity index (χ2v) is 6.11. The number of carbonyl (C=O) groups excluding carboxylic acids is 1. The number of carbonyl (C=O) groups is 1. The van der Waals surface area contributed by atoms with E-state index in [-0.39, 0.29) is 5.91 Å². The molecule has 0 bridgehead atoms. The van der Waals surface area contributed by atoms with Crippen LogP contribution < -0.4 is 5.73 Å². The second-order valence-electron chi connectivity index (χ2n) is 6.11. The highest BCUT2D eigenvalue weighted by molar-refractivity contribution is 5.94. The van der Waals surface area contributed by atoms with E-state index in [1.807, 2.05) is 29.2 Å². The highest BCUT2D eigenvalue weighted by Gasteiger charge is 2.21. The van der Waals surface area contributed by atoms with Crippen molar-refractivity contribution in [2.75, 3.05) is 19.6 Å². The minimum atomic E-state index is 0.187. The summed E-state index contributed by atoms with van der Waals surface area (Å²) in [5, 5.41) is 0. The van der Waals surface area contributed by atoms with Crippen LogP contribution in [0.15, 0.2) is 24.3 Å². The predicted octanol–water partition coefficient (Wildman–Crippen LogP) is 3.23. The molecule has 1 atom stereocenters. The molecule has 1 heterocycles. The molecule has 3 nitrogen and oxygen atoms in total. The van der Waals surface area contributed by atoms with Crippen molar-refractivity contribution in [2.45, 2.75) is 45.4 Å². The lowest BCUT2D eigenvalue weighted by Crippen LogP contribution is -2.32. The summed E-state index contributed by atoms with van der Waals surface area (Å²) in [5.74, 6) is 0.992. The molecule has 0 spiro atoms. The number of rotatable bonds is 5. The van der Waals surface area contributed by atoms with Gasteiger partial charge < -0.3 is 10.6 Å². The second kappa shape index (κ2) is 8.18. The van der Waals surface area contributed by atoms with Crippen molar-refractivity contribution < 1.29 is 4.79 Å². The van der Waals surface area contributed by atoms with Crippen molar-refractivity contribution in [2.24, 2.45) is 11.7 Å². The summed E-state index contributed by atoms with van der Waals surface area (Å²) in [7, 11) is 0. The van der Waals surface area contributed by atoms with Gasteiger partial charge in [-0.3, -0.25) is 4.79 Å². The Morgan fingerprint density at radius 3 is 2.67 bits per heavy atom. The van der Waals surface area contributed by atoms with E-state index in [1.54, 1.807) is 0 Å². The highest BCUT2D eigenvalue weighted by Crippen LogP contribution is 2.23. The third kappa shape index (κ3) is 4.57. The van der Waals surface area contributed by atoms with Crippen LogP contribution in [0, 0.1) is 5.92 Å². The van der Waals surface area contributed by atoms with Gasteiger partial charge in [0.05, 0.1) is 0 Å². The van der Waals surface area contributed by atoms with Gasteiger partial charge in [0.15, 0.2) is 0 Å². The average molecular weight is 288 g/mol. The summed E-state index contributed by atoms with van der Waals surface area (Å²) >= 11 is 0. The predicted molar refractivity (Wildman–Crippen MR) is 87.4 cm³/mol. The first-order valence-corrected chi connectivity index (χ1v) is 8.33. The molecule has 0 aliphatic carbocycles. The topological polar surface area (TPSA) is 46.3 Å². The van der Waals surface area contributed by atoms with Crippen molar-refractivity contribution in [3.8, 4) is 0 Å². The molecule has 1 unspecified atom stereocenters. The maximum atomic E-state index is 12.6. The number of hydrogen-bond donors (Lipinski definition) is 1. The third-order valence-electron chi connectivity index (χ3n) is 4.47. The van der Waals surface area contributed by atoms with Crippen LogP contribution in [0.4, 0.5) is 0 Å². The zero-order valence-corrected chi connectivity index (χ0v) is 13.2. The number of benzene rings is 1. The van der Waals surface area contributed by atoms with Crippen LogP contribution in [-0.2, 0) is 6.42 Å². The van der Waals surface area contributed by atoms with Crippen LogP contribution in [0.3, 0.4) is 0 Å². The van der Waals surface area contributed by atoms with Gasteiger partial charge in [-0.05, 0) is 55.8 Å². The van der Waals surface area contributed by atoms with E-state index in [0.717, 1.165) is 43.8 Å². The van der Waals surface area contributed by atoms with Gasteiger partial charge in [-0.1, -0.05) is 31.9 Å². The standard InChI is InChI=1S/C18H28N2O/c1-2-4-15-5-3-13-20(14-11-15)18(21)17-8-6-16(7-9-17)10-12-19/h6-9,15H,2-5,10-14,19H2,1H3. The third-order valence-corrected chi connectivity index (χ3v) is 4.47. The SMILES string of the molecule is CCCC1CCCN(C(=O)c2ccc(CCN)cc2)CC1. The van der Waals surface area contributed by atoms with E-state index < -0.39 is 0 Å². The smallest absolute Gasteiger partial charge is 0.253 e. The van der Waals surface area contributed by atoms with E-state index in [2.05, 4.69) is 6.92 Å². The molecule has 1 saturated heterocycles. The zero-order valence-electron chi connectivity index (χ0n) is 13.2. The van der Waals surface area contributed by atoms with E-state index in [0.29, 0.717) is 6.54 Å². The molecular weight excluding hydrogens is 260 g/mol. The summed E-state index contributed by atoms with van der Waals surface area (Å²) < 4.78 is 0. The molecule has 116 valence electrons. The normalized spacial score (nSPS) is 19.3. The monoisotopic (exact) mass is 288 g/mol. The molecule has 1 amide bonds. The first-order valence-electron chi connectivity index (χ1n) is 8.33. The number of amides is 1. The summed E-state index contributed by atoms with van der Waals surface area (Å²) in [6.45, 7) is 4.71. The lowest BCUT2D eigenvalue weighted by molar-refractivity contribution is 0.0760. The summed E-state index contributed by atoms with van der Waals surface area (Å²) in [4.78, 5) is 14.6. The molecule has 1 aliphatic rings. The van der Waals surface area contributed by atoms with Crippen LogP contribution in [0.5, 0.6) is 0 Å². The molecular formula is C18H28N2O. The first-order chi connectivity index (χ1) is 10.2. The van der Waals surface area contributed by atoms with Crippen molar-refractivity contribution in [1.29, 1.82) is 0 Å². The van der Waals surface area contributed by atoms with Gasteiger partial charge in [0, 0.05) is 18.7 Å². The number of nitrogens with zero attached hydrogens (tertiary/aromatic N) is 1. The summed E-state index contributed by atoms with van der Waals surface area (Å²) in [6, 6.07) is 7.94. The van der Waals surface area contributed by atoms with Gasteiger partial charge in [0.2, 0.25) is 0 Å². The molecule has 1 aromatic rings. The van der Waals surface area contributed by atoms with Crippen LogP contribution in [0.2, 0.25) is 0 Å². The fourth-order valence-corrected chi connectivity index (χ4v) is 3.23. The molecule has 2 rings (SSSR count). The highest BCUT2D eigenvalue weighted by atomic mass is 16.2. The van der Waals surface area contributed by atoms with Crippen LogP contribution >= 0.6 is 0 Å². The Kier molecular flexibility index (Phi) is 6.24. The average Bonchev–Trinajstić information content (AvgIpc) is 2.74. The number of likely N-dealkylation sites (tertiary alicyclic amines) is 1. The summed E-state index contributed by atoms with van der Waals surface area (Å²) in [6.07, 6.45) is 6.99. The van der Waals surface area contributed by atoms with Crippen molar-refractivity contribution in [3.05, 3.63) is 35.4 Å². The minimum Gasteiger partial charge on any atom is -0.339 e. The Bertz CT molecular complexity index is 441. The Labute approximate surface area is 128 Å². The van der Waals surface area contributed by atoms with Crippen molar-refractivity contribution in [3.63, 3.8) is 0 Å². The molecule has 0 aromatic heterocycles. The molecule has 1 fully saturated rings. The number of hydrogen-bond acceptors (Lipinski definition) is 2. The Hall–Kier alpha value is -1.35. The van der Waals surface area contributed by atoms with E-state index >= 15 is 0 Å². The van der Waals surface area contributed by atoms with Crippen LogP contribution in [-0.4, -0.2) is 30.4 Å². The molecule has 0 radical (unpaired) electrons. The van der Waals surface area contributed by atoms with E-state index in [4.69, 9.17) is 5.73 Å².